The molecule has 0 aliphatic carbocycles. The number of hydrogen-bond donors (Lipinski definition) is 1. The molecule has 0 radical (unpaired) electrons. The van der Waals surface area contributed by atoms with E-state index in [-0.39, 0.29) is 29.6 Å². The average molecular weight is 581 g/mol. The molecule has 1 heterocycles. The third kappa shape index (κ3) is 6.20. The summed E-state index contributed by atoms with van der Waals surface area (Å²) in [5, 5.41) is 17.6. The third-order valence-electron chi connectivity index (χ3n) is 5.89. The van der Waals surface area contributed by atoms with Crippen molar-refractivity contribution < 1.29 is 31.5 Å². The van der Waals surface area contributed by atoms with Crippen LogP contribution in [-0.4, -0.2) is 46.8 Å². The number of aliphatic carboxylic acids is 1. The number of carboxylic acids is 1. The standard InChI is InChI=1S/C25H20ClF3N4O5S/c1-39(37,38)33(19-9-4-16(5-10-19)15-2-7-18(26)8-3-15)22(24(35)36)12-13-32-23(34)20-11-6-17(25(27,28)29)14-21(20)30-31-32/h2-11,14,22H,12-13H2,1H3,(H,35,36). The van der Waals surface area contributed by atoms with Crippen LogP contribution in [0.1, 0.15) is 12.0 Å². The minimum atomic E-state index is -4.64. The number of carbonyl (C=O) groups is 1. The number of aryl methyl sites for hydroxylation is 1. The highest BCUT2D eigenvalue weighted by Gasteiger charge is 2.33. The van der Waals surface area contributed by atoms with Gasteiger partial charge in [0.1, 0.15) is 11.6 Å². The molecule has 1 atom stereocenters. The molecule has 1 N–H and O–H groups in total. The van der Waals surface area contributed by atoms with E-state index in [9.17, 15) is 36.3 Å². The lowest BCUT2D eigenvalue weighted by atomic mass is 10.1. The zero-order chi connectivity index (χ0) is 28.5. The average Bonchev–Trinajstić information content (AvgIpc) is 2.86. The number of sulfonamides is 1. The van der Waals surface area contributed by atoms with Crippen molar-refractivity contribution in [1.29, 1.82) is 0 Å². The van der Waals surface area contributed by atoms with Crippen molar-refractivity contribution in [3.8, 4) is 11.1 Å². The summed E-state index contributed by atoms with van der Waals surface area (Å²) < 4.78 is 65.8. The molecule has 0 aliphatic rings. The first kappa shape index (κ1) is 28.0. The van der Waals surface area contributed by atoms with Gasteiger partial charge in [-0.05, 0) is 60.0 Å². The molecule has 0 fully saturated rings. The molecule has 0 aliphatic heterocycles. The number of alkyl halides is 3. The van der Waals surface area contributed by atoms with Gasteiger partial charge < -0.3 is 5.11 Å². The Balaban J connectivity index is 1.63. The maximum absolute atomic E-state index is 13.0. The van der Waals surface area contributed by atoms with Gasteiger partial charge >= 0.3 is 12.1 Å². The van der Waals surface area contributed by atoms with Crippen molar-refractivity contribution in [1.82, 2.24) is 15.0 Å². The van der Waals surface area contributed by atoms with Crippen LogP contribution in [-0.2, 0) is 27.5 Å². The molecule has 4 rings (SSSR count). The molecule has 4 aromatic rings. The first-order chi connectivity index (χ1) is 18.3. The Morgan fingerprint density at radius 3 is 2.18 bits per heavy atom. The second-order valence-electron chi connectivity index (χ2n) is 8.60. The first-order valence-corrected chi connectivity index (χ1v) is 13.5. The van der Waals surface area contributed by atoms with Crippen LogP contribution in [0, 0.1) is 0 Å². The predicted octanol–water partition coefficient (Wildman–Crippen LogP) is 4.44. The maximum Gasteiger partial charge on any atom is 0.416 e. The monoisotopic (exact) mass is 580 g/mol. The minimum absolute atomic E-state index is 0.0826. The van der Waals surface area contributed by atoms with Crippen LogP contribution in [0.3, 0.4) is 0 Å². The molecule has 3 aromatic carbocycles. The van der Waals surface area contributed by atoms with Crippen LogP contribution in [0.5, 0.6) is 0 Å². The highest BCUT2D eigenvalue weighted by atomic mass is 35.5. The van der Waals surface area contributed by atoms with Crippen molar-refractivity contribution in [2.24, 2.45) is 0 Å². The summed E-state index contributed by atoms with van der Waals surface area (Å²) >= 11 is 5.92. The topological polar surface area (TPSA) is 122 Å². The largest absolute Gasteiger partial charge is 0.480 e. The van der Waals surface area contributed by atoms with Crippen LogP contribution in [0.15, 0.2) is 71.5 Å². The van der Waals surface area contributed by atoms with E-state index >= 15 is 0 Å². The number of nitrogens with zero attached hydrogens (tertiary/aromatic N) is 4. The number of rotatable bonds is 8. The lowest BCUT2D eigenvalue weighted by molar-refractivity contribution is -0.139. The first-order valence-electron chi connectivity index (χ1n) is 11.3. The summed E-state index contributed by atoms with van der Waals surface area (Å²) in [7, 11) is -4.11. The van der Waals surface area contributed by atoms with E-state index in [1.54, 1.807) is 36.4 Å². The van der Waals surface area contributed by atoms with E-state index in [0.717, 1.165) is 38.5 Å². The smallest absolute Gasteiger partial charge is 0.416 e. The minimum Gasteiger partial charge on any atom is -0.480 e. The van der Waals surface area contributed by atoms with E-state index in [1.807, 2.05) is 0 Å². The number of fused-ring (bicyclic) bond motifs is 1. The van der Waals surface area contributed by atoms with Crippen molar-refractivity contribution in [3.05, 3.63) is 87.7 Å². The van der Waals surface area contributed by atoms with Gasteiger partial charge in [0.05, 0.1) is 22.9 Å². The molecule has 1 unspecified atom stereocenters. The Labute approximate surface area is 225 Å². The molecular formula is C25H20ClF3N4O5S. The predicted molar refractivity (Wildman–Crippen MR) is 139 cm³/mol. The van der Waals surface area contributed by atoms with E-state index in [1.165, 1.54) is 12.1 Å². The summed E-state index contributed by atoms with van der Waals surface area (Å²) in [6.45, 7) is -0.366. The number of carboxylic acid groups (broad SMARTS) is 1. The normalized spacial score (nSPS) is 12.8. The van der Waals surface area contributed by atoms with Gasteiger partial charge in [-0.3, -0.25) is 9.10 Å². The lowest BCUT2D eigenvalue weighted by Crippen LogP contribution is -2.46. The summed E-state index contributed by atoms with van der Waals surface area (Å²) in [4.78, 5) is 25.0. The van der Waals surface area contributed by atoms with Crippen LogP contribution >= 0.6 is 11.6 Å². The molecule has 204 valence electrons. The second-order valence-corrected chi connectivity index (χ2v) is 10.9. The van der Waals surface area contributed by atoms with Gasteiger partial charge in [0.15, 0.2) is 0 Å². The van der Waals surface area contributed by atoms with Crippen LogP contribution in [0.4, 0.5) is 18.9 Å². The fourth-order valence-electron chi connectivity index (χ4n) is 4.03. The van der Waals surface area contributed by atoms with Gasteiger partial charge in [-0.2, -0.15) is 13.2 Å². The Hall–Kier alpha value is -3.97. The fraction of sp³-hybridized carbons (Fsp3) is 0.200. The van der Waals surface area contributed by atoms with Crippen LogP contribution in [0.2, 0.25) is 5.02 Å². The summed E-state index contributed by atoms with van der Waals surface area (Å²) in [5.41, 5.74) is -0.446. The van der Waals surface area contributed by atoms with E-state index in [4.69, 9.17) is 11.6 Å². The van der Waals surface area contributed by atoms with E-state index in [0.29, 0.717) is 11.1 Å². The molecule has 0 spiro atoms. The third-order valence-corrected chi connectivity index (χ3v) is 7.32. The van der Waals surface area contributed by atoms with Crippen molar-refractivity contribution in [3.63, 3.8) is 0 Å². The van der Waals surface area contributed by atoms with Gasteiger partial charge in [-0.15, -0.1) is 5.10 Å². The molecule has 0 bridgehead atoms. The number of hydrogen-bond acceptors (Lipinski definition) is 6. The molecule has 0 saturated carbocycles. The van der Waals surface area contributed by atoms with E-state index < -0.39 is 39.3 Å². The Kier molecular flexibility index (Phi) is 7.66. The molecule has 9 nitrogen and oxygen atoms in total. The molecular weight excluding hydrogens is 561 g/mol. The van der Waals surface area contributed by atoms with Gasteiger partial charge in [0, 0.05) is 11.6 Å². The lowest BCUT2D eigenvalue weighted by Gasteiger charge is -2.29. The van der Waals surface area contributed by atoms with Gasteiger partial charge in [-0.25, -0.2) is 17.9 Å². The molecule has 1 aromatic heterocycles. The summed E-state index contributed by atoms with van der Waals surface area (Å²) in [5.74, 6) is -1.47. The number of anilines is 1. The zero-order valence-electron chi connectivity index (χ0n) is 20.1. The fourth-order valence-corrected chi connectivity index (χ4v) is 5.32. The second kappa shape index (κ2) is 10.7. The molecule has 14 heteroatoms. The number of benzene rings is 3. The van der Waals surface area contributed by atoms with Gasteiger partial charge in [0.2, 0.25) is 10.0 Å². The summed E-state index contributed by atoms with van der Waals surface area (Å²) in [6, 6.07) is 13.9. The van der Waals surface area contributed by atoms with Crippen LogP contribution < -0.4 is 9.86 Å². The Bertz CT molecular complexity index is 1690. The van der Waals surface area contributed by atoms with Gasteiger partial charge in [0.25, 0.3) is 5.56 Å². The molecule has 0 amide bonds. The SMILES string of the molecule is CS(=O)(=O)N(c1ccc(-c2ccc(Cl)cc2)cc1)C(CCn1nnc2cc(C(F)(F)F)ccc2c1=O)C(=O)O. The highest BCUT2D eigenvalue weighted by molar-refractivity contribution is 7.92. The van der Waals surface area contributed by atoms with Crippen molar-refractivity contribution in [2.75, 3.05) is 10.6 Å². The van der Waals surface area contributed by atoms with E-state index in [2.05, 4.69) is 10.3 Å². The highest BCUT2D eigenvalue weighted by Crippen LogP contribution is 2.30. The summed E-state index contributed by atoms with van der Waals surface area (Å²) in [6.07, 6.45) is -4.17. The maximum atomic E-state index is 13.0. The van der Waals surface area contributed by atoms with Gasteiger partial charge in [-0.1, -0.05) is 41.1 Å². The Morgan fingerprint density at radius 2 is 1.64 bits per heavy atom. The Morgan fingerprint density at radius 1 is 1.05 bits per heavy atom. The number of aromatic nitrogens is 3. The van der Waals surface area contributed by atoms with Crippen molar-refractivity contribution >= 4 is 44.2 Å². The molecule has 39 heavy (non-hydrogen) atoms. The molecule has 0 saturated heterocycles. The quantitative estimate of drug-likeness (QED) is 0.327. The van der Waals surface area contributed by atoms with Crippen molar-refractivity contribution in [2.45, 2.75) is 25.2 Å². The van der Waals surface area contributed by atoms with Crippen LogP contribution in [0.25, 0.3) is 22.0 Å². The zero-order valence-corrected chi connectivity index (χ0v) is 21.7. The number of halogens is 4.